The number of aromatic nitrogens is 2. The van der Waals surface area contributed by atoms with Crippen LogP contribution in [0.4, 0.5) is 11.4 Å². The van der Waals surface area contributed by atoms with E-state index in [1.54, 1.807) is 30.3 Å². The summed E-state index contributed by atoms with van der Waals surface area (Å²) in [6.07, 6.45) is 0.118. The third-order valence-electron chi connectivity index (χ3n) is 3.63. The number of nitro benzene ring substituents is 1. The Kier molecular flexibility index (Phi) is 4.51. The minimum absolute atomic E-state index is 0.0134. The molecule has 8 nitrogen and oxygen atoms in total. The zero-order valence-corrected chi connectivity index (χ0v) is 13.1. The molecule has 126 valence electrons. The van der Waals surface area contributed by atoms with E-state index in [1.165, 1.54) is 18.2 Å². The molecule has 25 heavy (non-hydrogen) atoms. The van der Waals surface area contributed by atoms with Crippen LogP contribution in [0.15, 0.2) is 53.3 Å². The van der Waals surface area contributed by atoms with Gasteiger partial charge in [0.05, 0.1) is 16.0 Å². The summed E-state index contributed by atoms with van der Waals surface area (Å²) in [5.74, 6) is -0.427. The predicted molar refractivity (Wildman–Crippen MR) is 92.4 cm³/mol. The molecule has 0 atom stereocenters. The Morgan fingerprint density at radius 1 is 1.16 bits per heavy atom. The summed E-state index contributed by atoms with van der Waals surface area (Å²) in [6, 6.07) is 13.0. The molecule has 1 heterocycles. The first kappa shape index (κ1) is 16.3. The number of para-hydroxylation sites is 4. The van der Waals surface area contributed by atoms with Crippen LogP contribution in [-0.2, 0) is 11.2 Å². The Labute approximate surface area is 141 Å². The molecule has 0 aliphatic carbocycles. The molecule has 8 heteroatoms. The zero-order valence-electron chi connectivity index (χ0n) is 13.1. The van der Waals surface area contributed by atoms with Crippen molar-refractivity contribution in [3.8, 4) is 0 Å². The molecule has 0 saturated carbocycles. The van der Waals surface area contributed by atoms with Gasteiger partial charge in [0, 0.05) is 18.9 Å². The van der Waals surface area contributed by atoms with Crippen molar-refractivity contribution in [2.24, 2.45) is 0 Å². The summed E-state index contributed by atoms with van der Waals surface area (Å²) in [6.45, 7) is 0. The minimum atomic E-state index is -0.564. The molecule has 1 amide bonds. The van der Waals surface area contributed by atoms with Crippen LogP contribution in [0.1, 0.15) is 12.1 Å². The van der Waals surface area contributed by atoms with Crippen LogP contribution < -0.4 is 10.9 Å². The maximum absolute atomic E-state index is 12.1. The van der Waals surface area contributed by atoms with Gasteiger partial charge in [-0.15, -0.1) is 0 Å². The lowest BCUT2D eigenvalue weighted by Crippen LogP contribution is -2.19. The number of aryl methyl sites for hydroxylation is 1. The smallest absolute Gasteiger partial charge is 0.292 e. The van der Waals surface area contributed by atoms with Crippen LogP contribution in [0.5, 0.6) is 0 Å². The Morgan fingerprint density at radius 3 is 2.68 bits per heavy atom. The number of nitrogens with one attached hydrogen (secondary N) is 2. The highest BCUT2D eigenvalue weighted by Gasteiger charge is 2.15. The van der Waals surface area contributed by atoms with Crippen molar-refractivity contribution in [1.82, 2.24) is 9.97 Å². The van der Waals surface area contributed by atoms with E-state index in [1.807, 2.05) is 0 Å². The van der Waals surface area contributed by atoms with Crippen molar-refractivity contribution in [2.75, 3.05) is 5.32 Å². The topological polar surface area (TPSA) is 118 Å². The number of amides is 1. The predicted octanol–water partition coefficient (Wildman–Crippen LogP) is 2.40. The molecule has 0 aliphatic rings. The van der Waals surface area contributed by atoms with Gasteiger partial charge in [0.2, 0.25) is 5.91 Å². The Bertz CT molecular complexity index is 1010. The van der Waals surface area contributed by atoms with E-state index in [2.05, 4.69) is 15.3 Å². The molecule has 3 aromatic rings. The van der Waals surface area contributed by atoms with Gasteiger partial charge in [-0.3, -0.25) is 19.7 Å². The van der Waals surface area contributed by atoms with Crippen molar-refractivity contribution in [3.63, 3.8) is 0 Å². The summed E-state index contributed by atoms with van der Waals surface area (Å²) in [4.78, 5) is 41.4. The molecule has 2 aromatic carbocycles. The number of anilines is 1. The fraction of sp³-hybridized carbons (Fsp3) is 0.118. The van der Waals surface area contributed by atoms with Gasteiger partial charge < -0.3 is 10.3 Å². The van der Waals surface area contributed by atoms with Gasteiger partial charge in [-0.05, 0) is 18.2 Å². The van der Waals surface area contributed by atoms with Gasteiger partial charge in [-0.25, -0.2) is 4.98 Å². The molecule has 0 radical (unpaired) electrons. The van der Waals surface area contributed by atoms with E-state index in [4.69, 9.17) is 0 Å². The number of aromatic amines is 1. The zero-order chi connectivity index (χ0) is 17.8. The number of nitro groups is 1. The number of hydrogen-bond donors (Lipinski definition) is 2. The highest BCUT2D eigenvalue weighted by atomic mass is 16.6. The molecule has 2 N–H and O–H groups in total. The SMILES string of the molecule is O=C(CCc1nc2ccccc2[nH]c1=O)Nc1ccccc1[N+](=O)[O-]. The molecule has 1 aromatic heterocycles. The lowest BCUT2D eigenvalue weighted by molar-refractivity contribution is -0.383. The second-order valence-electron chi connectivity index (χ2n) is 5.35. The van der Waals surface area contributed by atoms with Crippen molar-refractivity contribution in [3.05, 3.63) is 74.7 Å². The van der Waals surface area contributed by atoms with Gasteiger partial charge in [0.25, 0.3) is 11.2 Å². The van der Waals surface area contributed by atoms with Crippen LogP contribution in [0, 0.1) is 10.1 Å². The van der Waals surface area contributed by atoms with Gasteiger partial charge in [0.1, 0.15) is 11.4 Å². The van der Waals surface area contributed by atoms with Crippen molar-refractivity contribution in [1.29, 1.82) is 0 Å². The summed E-state index contributed by atoms with van der Waals surface area (Å²) in [5, 5.41) is 13.4. The van der Waals surface area contributed by atoms with E-state index >= 15 is 0 Å². The monoisotopic (exact) mass is 338 g/mol. The number of nitrogens with zero attached hydrogens (tertiary/aromatic N) is 2. The molecule has 3 rings (SSSR count). The van der Waals surface area contributed by atoms with E-state index in [0.717, 1.165) is 0 Å². The van der Waals surface area contributed by atoms with Crippen LogP contribution in [0.25, 0.3) is 11.0 Å². The Hall–Kier alpha value is -3.55. The van der Waals surface area contributed by atoms with Gasteiger partial charge >= 0.3 is 0 Å². The minimum Gasteiger partial charge on any atom is -0.320 e. The first-order chi connectivity index (χ1) is 12.0. The Balaban J connectivity index is 1.72. The average Bonchev–Trinajstić information content (AvgIpc) is 2.60. The number of rotatable bonds is 5. The van der Waals surface area contributed by atoms with Crippen molar-refractivity contribution < 1.29 is 9.72 Å². The summed E-state index contributed by atoms with van der Waals surface area (Å²) in [5.41, 5.74) is 1.10. The molecular weight excluding hydrogens is 324 g/mol. The largest absolute Gasteiger partial charge is 0.320 e. The number of hydrogen-bond acceptors (Lipinski definition) is 5. The van der Waals surface area contributed by atoms with Crippen LogP contribution in [0.2, 0.25) is 0 Å². The second kappa shape index (κ2) is 6.91. The number of carbonyl (C=O) groups is 1. The van der Waals surface area contributed by atoms with Gasteiger partial charge in [-0.1, -0.05) is 24.3 Å². The number of fused-ring (bicyclic) bond motifs is 1. The third kappa shape index (κ3) is 3.69. The molecule has 0 spiro atoms. The lowest BCUT2D eigenvalue weighted by Gasteiger charge is -2.06. The molecule has 0 fully saturated rings. The highest BCUT2D eigenvalue weighted by molar-refractivity contribution is 5.93. The third-order valence-corrected chi connectivity index (χ3v) is 3.63. The van der Waals surface area contributed by atoms with Crippen LogP contribution in [0.3, 0.4) is 0 Å². The lowest BCUT2D eigenvalue weighted by atomic mass is 10.2. The molecular formula is C17H14N4O4. The number of H-pyrrole nitrogens is 1. The maximum Gasteiger partial charge on any atom is 0.292 e. The van der Waals surface area contributed by atoms with Crippen LogP contribution >= 0.6 is 0 Å². The van der Waals surface area contributed by atoms with E-state index in [0.29, 0.717) is 11.0 Å². The Morgan fingerprint density at radius 2 is 1.88 bits per heavy atom. The normalized spacial score (nSPS) is 10.6. The van der Waals surface area contributed by atoms with E-state index < -0.39 is 10.8 Å². The van der Waals surface area contributed by atoms with Crippen molar-refractivity contribution >= 4 is 28.3 Å². The summed E-state index contributed by atoms with van der Waals surface area (Å²) >= 11 is 0. The molecule has 0 bridgehead atoms. The highest BCUT2D eigenvalue weighted by Crippen LogP contribution is 2.23. The standard InChI is InChI=1S/C17H14N4O4/c22-16(19-13-7-3-4-8-15(13)21(24)25)10-9-14-17(23)20-12-6-2-1-5-11(12)18-14/h1-8H,9-10H2,(H,19,22)(H,20,23). The fourth-order valence-electron chi connectivity index (χ4n) is 2.42. The average molecular weight is 338 g/mol. The number of benzene rings is 2. The first-order valence-electron chi connectivity index (χ1n) is 7.56. The van der Waals surface area contributed by atoms with Gasteiger partial charge in [-0.2, -0.15) is 0 Å². The quantitative estimate of drug-likeness (QED) is 0.547. The summed E-state index contributed by atoms with van der Waals surface area (Å²) in [7, 11) is 0. The van der Waals surface area contributed by atoms with E-state index in [9.17, 15) is 19.7 Å². The summed E-state index contributed by atoms with van der Waals surface area (Å²) < 4.78 is 0. The number of carbonyl (C=O) groups excluding carboxylic acids is 1. The molecule has 0 unspecified atom stereocenters. The fourth-order valence-corrected chi connectivity index (χ4v) is 2.42. The molecule has 0 aliphatic heterocycles. The molecule has 0 saturated heterocycles. The van der Waals surface area contributed by atoms with Crippen molar-refractivity contribution in [2.45, 2.75) is 12.8 Å². The second-order valence-corrected chi connectivity index (χ2v) is 5.35. The van der Waals surface area contributed by atoms with E-state index in [-0.39, 0.29) is 35.5 Å². The maximum atomic E-state index is 12.1. The first-order valence-corrected chi connectivity index (χ1v) is 7.56. The van der Waals surface area contributed by atoms with Gasteiger partial charge in [0.15, 0.2) is 0 Å². The van der Waals surface area contributed by atoms with Crippen LogP contribution in [-0.4, -0.2) is 20.8 Å².